The number of rotatable bonds is 6. The molecule has 1 aliphatic heterocycles. The van der Waals surface area contributed by atoms with Crippen molar-refractivity contribution in [1.29, 1.82) is 0 Å². The topological polar surface area (TPSA) is 58.8 Å². The van der Waals surface area contributed by atoms with E-state index in [1.807, 2.05) is 19.1 Å². The van der Waals surface area contributed by atoms with Gasteiger partial charge in [0.1, 0.15) is 28.6 Å². The first-order valence-corrected chi connectivity index (χ1v) is 11.0. The summed E-state index contributed by atoms with van der Waals surface area (Å²) in [6.45, 7) is 7.65. The summed E-state index contributed by atoms with van der Waals surface area (Å²) in [5.74, 6) is 0.446. The van der Waals surface area contributed by atoms with Crippen molar-refractivity contribution in [3.63, 3.8) is 0 Å². The highest BCUT2D eigenvalue weighted by atomic mass is 35.5. The zero-order valence-corrected chi connectivity index (χ0v) is 18.9. The monoisotopic (exact) mass is 457 g/mol. The highest BCUT2D eigenvalue weighted by molar-refractivity contribution is 6.33. The number of aromatic nitrogens is 1. The molecule has 0 spiro atoms. The molecular formula is C24H25ClFN3O3. The Labute approximate surface area is 191 Å². The molecule has 0 unspecified atom stereocenters. The fourth-order valence-electron chi connectivity index (χ4n) is 3.90. The van der Waals surface area contributed by atoms with Gasteiger partial charge in [-0.2, -0.15) is 0 Å². The normalized spacial score (nSPS) is 14.6. The van der Waals surface area contributed by atoms with E-state index in [1.54, 1.807) is 17.9 Å². The highest BCUT2D eigenvalue weighted by Crippen LogP contribution is 2.34. The van der Waals surface area contributed by atoms with Gasteiger partial charge in [-0.05, 0) is 43.7 Å². The van der Waals surface area contributed by atoms with Crippen LogP contribution in [0.5, 0.6) is 5.75 Å². The fourth-order valence-corrected chi connectivity index (χ4v) is 4.15. The van der Waals surface area contributed by atoms with Gasteiger partial charge in [-0.15, -0.1) is 0 Å². The van der Waals surface area contributed by atoms with Crippen molar-refractivity contribution < 1.29 is 18.4 Å². The third kappa shape index (κ3) is 4.64. The predicted molar refractivity (Wildman–Crippen MR) is 120 cm³/mol. The molecule has 1 saturated heterocycles. The number of carbonyl (C=O) groups excluding carboxylic acids is 1. The van der Waals surface area contributed by atoms with Crippen molar-refractivity contribution in [2.75, 3.05) is 32.8 Å². The van der Waals surface area contributed by atoms with Crippen molar-refractivity contribution in [2.24, 2.45) is 0 Å². The lowest BCUT2D eigenvalue weighted by molar-refractivity contribution is 0.0627. The van der Waals surface area contributed by atoms with E-state index in [1.165, 1.54) is 17.7 Å². The number of hydrogen-bond acceptors (Lipinski definition) is 5. The molecule has 1 aliphatic rings. The molecule has 0 radical (unpaired) electrons. The Morgan fingerprint density at radius 2 is 1.88 bits per heavy atom. The number of amides is 1. The standard InChI is InChI=1S/C24H25ClFN3O3/c1-3-31-18-9-7-17(8-10-18)15-28-11-13-29(14-12-28)24(30)21-16(2)32-27-23(21)22-19(25)5-4-6-20(22)26/h4-10H,3,11-15H2,1-2H3. The Morgan fingerprint density at radius 1 is 1.16 bits per heavy atom. The van der Waals surface area contributed by atoms with E-state index in [-0.39, 0.29) is 27.8 Å². The summed E-state index contributed by atoms with van der Waals surface area (Å²) in [5, 5.41) is 4.13. The summed E-state index contributed by atoms with van der Waals surface area (Å²) in [6, 6.07) is 12.4. The molecular weight excluding hydrogens is 433 g/mol. The number of halogens is 2. The molecule has 1 aromatic heterocycles. The molecule has 6 nitrogen and oxygen atoms in total. The minimum atomic E-state index is -0.542. The summed E-state index contributed by atoms with van der Waals surface area (Å²) in [6.07, 6.45) is 0. The van der Waals surface area contributed by atoms with Crippen LogP contribution in [0, 0.1) is 12.7 Å². The van der Waals surface area contributed by atoms with E-state index in [4.69, 9.17) is 20.9 Å². The van der Waals surface area contributed by atoms with Crippen LogP contribution in [0.15, 0.2) is 47.0 Å². The van der Waals surface area contributed by atoms with Crippen LogP contribution in [0.25, 0.3) is 11.3 Å². The molecule has 3 aromatic rings. The number of piperazine rings is 1. The zero-order valence-electron chi connectivity index (χ0n) is 18.1. The predicted octanol–water partition coefficient (Wildman–Crippen LogP) is 4.80. The molecule has 0 N–H and O–H groups in total. The minimum absolute atomic E-state index is 0.0866. The molecule has 4 rings (SSSR count). The molecule has 32 heavy (non-hydrogen) atoms. The average molecular weight is 458 g/mol. The summed E-state index contributed by atoms with van der Waals surface area (Å²) >= 11 is 6.20. The third-order valence-corrected chi connectivity index (χ3v) is 5.89. The van der Waals surface area contributed by atoms with Crippen LogP contribution in [0.3, 0.4) is 0 Å². The van der Waals surface area contributed by atoms with Crippen LogP contribution in [-0.4, -0.2) is 53.6 Å². The maximum Gasteiger partial charge on any atom is 0.259 e. The van der Waals surface area contributed by atoms with E-state index >= 15 is 0 Å². The van der Waals surface area contributed by atoms with Crippen LogP contribution in [0.4, 0.5) is 4.39 Å². The molecule has 0 atom stereocenters. The molecule has 0 bridgehead atoms. The lowest BCUT2D eigenvalue weighted by atomic mass is 10.0. The van der Waals surface area contributed by atoms with Gasteiger partial charge in [-0.3, -0.25) is 9.69 Å². The second-order valence-electron chi connectivity index (χ2n) is 7.70. The number of aryl methyl sites for hydroxylation is 1. The number of hydrogen-bond donors (Lipinski definition) is 0. The van der Waals surface area contributed by atoms with Crippen LogP contribution in [-0.2, 0) is 6.54 Å². The maximum absolute atomic E-state index is 14.5. The van der Waals surface area contributed by atoms with Crippen LogP contribution in [0.2, 0.25) is 5.02 Å². The van der Waals surface area contributed by atoms with E-state index in [0.29, 0.717) is 25.5 Å². The first-order valence-electron chi connectivity index (χ1n) is 10.6. The Kier molecular flexibility index (Phi) is 6.77. The SMILES string of the molecule is CCOc1ccc(CN2CCN(C(=O)c3c(-c4c(F)cccc4Cl)noc3C)CC2)cc1. The van der Waals surface area contributed by atoms with Gasteiger partial charge in [0.15, 0.2) is 0 Å². The quantitative estimate of drug-likeness (QED) is 0.532. The number of carbonyl (C=O) groups is 1. The lowest BCUT2D eigenvalue weighted by Gasteiger charge is -2.34. The van der Waals surface area contributed by atoms with Gasteiger partial charge in [0, 0.05) is 32.7 Å². The van der Waals surface area contributed by atoms with Crippen molar-refractivity contribution in [1.82, 2.24) is 15.0 Å². The molecule has 168 valence electrons. The molecule has 8 heteroatoms. The Hall–Kier alpha value is -2.90. The first kappa shape index (κ1) is 22.3. The Bertz CT molecular complexity index is 1070. The number of nitrogens with zero attached hydrogens (tertiary/aromatic N) is 3. The third-order valence-electron chi connectivity index (χ3n) is 5.58. The fraction of sp³-hybridized carbons (Fsp3) is 0.333. The van der Waals surface area contributed by atoms with Gasteiger partial charge in [-0.25, -0.2) is 4.39 Å². The second kappa shape index (κ2) is 9.71. The molecule has 0 saturated carbocycles. The smallest absolute Gasteiger partial charge is 0.259 e. The van der Waals surface area contributed by atoms with Crippen molar-refractivity contribution >= 4 is 17.5 Å². The highest BCUT2D eigenvalue weighted by Gasteiger charge is 2.30. The van der Waals surface area contributed by atoms with Crippen molar-refractivity contribution in [2.45, 2.75) is 20.4 Å². The second-order valence-corrected chi connectivity index (χ2v) is 8.11. The van der Waals surface area contributed by atoms with Crippen LogP contribution in [0.1, 0.15) is 28.6 Å². The summed E-state index contributed by atoms with van der Waals surface area (Å²) in [5.41, 5.74) is 1.69. The van der Waals surface area contributed by atoms with Crippen molar-refractivity contribution in [3.8, 4) is 17.0 Å². The van der Waals surface area contributed by atoms with E-state index < -0.39 is 5.82 Å². The summed E-state index contributed by atoms with van der Waals surface area (Å²) in [4.78, 5) is 17.3. The maximum atomic E-state index is 14.5. The molecule has 1 fully saturated rings. The van der Waals surface area contributed by atoms with E-state index in [9.17, 15) is 9.18 Å². The van der Waals surface area contributed by atoms with Gasteiger partial charge in [0.2, 0.25) is 0 Å². The van der Waals surface area contributed by atoms with Gasteiger partial charge in [-0.1, -0.05) is 35.0 Å². The Morgan fingerprint density at radius 3 is 2.53 bits per heavy atom. The van der Waals surface area contributed by atoms with Gasteiger partial charge < -0.3 is 14.2 Å². The molecule has 2 aromatic carbocycles. The first-order chi connectivity index (χ1) is 15.5. The lowest BCUT2D eigenvalue weighted by Crippen LogP contribution is -2.48. The van der Waals surface area contributed by atoms with Gasteiger partial charge in [0.25, 0.3) is 5.91 Å². The molecule has 0 aliphatic carbocycles. The van der Waals surface area contributed by atoms with Gasteiger partial charge in [0.05, 0.1) is 17.2 Å². The Balaban J connectivity index is 1.44. The average Bonchev–Trinajstić information content (AvgIpc) is 3.16. The molecule has 2 heterocycles. The number of benzene rings is 2. The minimum Gasteiger partial charge on any atom is -0.494 e. The van der Waals surface area contributed by atoms with E-state index in [2.05, 4.69) is 22.2 Å². The van der Waals surface area contributed by atoms with Crippen LogP contribution >= 0.6 is 11.6 Å². The largest absolute Gasteiger partial charge is 0.494 e. The molecule has 1 amide bonds. The van der Waals surface area contributed by atoms with Crippen molar-refractivity contribution in [3.05, 3.63) is 70.2 Å². The van der Waals surface area contributed by atoms with Crippen LogP contribution < -0.4 is 4.74 Å². The summed E-state index contributed by atoms with van der Waals surface area (Å²) in [7, 11) is 0. The van der Waals surface area contributed by atoms with Gasteiger partial charge >= 0.3 is 0 Å². The number of ether oxygens (including phenoxy) is 1. The zero-order chi connectivity index (χ0) is 22.7. The van der Waals surface area contributed by atoms with E-state index in [0.717, 1.165) is 25.4 Å². The summed E-state index contributed by atoms with van der Waals surface area (Å²) < 4.78 is 25.2.